The molecule has 1 saturated carbocycles. The van der Waals surface area contributed by atoms with Crippen LogP contribution in [0.25, 0.3) is 0 Å². The molecule has 0 spiro atoms. The Morgan fingerprint density at radius 1 is 1.06 bits per heavy atom. The third-order valence-corrected chi connectivity index (χ3v) is 3.13. The van der Waals surface area contributed by atoms with E-state index in [4.69, 9.17) is 0 Å². The van der Waals surface area contributed by atoms with Crippen molar-refractivity contribution >= 4 is 11.9 Å². The van der Waals surface area contributed by atoms with Crippen molar-refractivity contribution in [2.75, 3.05) is 26.2 Å². The standard InChI is InChI=1S/C11H19N3O2/c1-9(15)13-5-2-6-14(8-7-13)11(16)12-10-3-4-10/h10H,2-8H2,1H3,(H,12,16). The molecule has 16 heavy (non-hydrogen) atoms. The first kappa shape index (κ1) is 11.2. The second kappa shape index (κ2) is 4.72. The molecule has 5 nitrogen and oxygen atoms in total. The summed E-state index contributed by atoms with van der Waals surface area (Å²) in [6, 6.07) is 0.438. The summed E-state index contributed by atoms with van der Waals surface area (Å²) in [5, 5.41) is 2.98. The number of nitrogens with zero attached hydrogens (tertiary/aromatic N) is 2. The van der Waals surface area contributed by atoms with Crippen molar-refractivity contribution in [3.05, 3.63) is 0 Å². The smallest absolute Gasteiger partial charge is 0.317 e. The number of carbonyl (C=O) groups is 2. The lowest BCUT2D eigenvalue weighted by Gasteiger charge is -2.21. The van der Waals surface area contributed by atoms with E-state index in [1.165, 1.54) is 0 Å². The van der Waals surface area contributed by atoms with E-state index in [-0.39, 0.29) is 11.9 Å². The number of hydrogen-bond acceptors (Lipinski definition) is 2. The minimum atomic E-state index is 0.0351. The minimum Gasteiger partial charge on any atom is -0.341 e. The Morgan fingerprint density at radius 2 is 1.69 bits per heavy atom. The Bertz CT molecular complexity index is 289. The van der Waals surface area contributed by atoms with Gasteiger partial charge in [0.25, 0.3) is 0 Å². The van der Waals surface area contributed by atoms with Gasteiger partial charge in [-0.15, -0.1) is 0 Å². The summed E-state index contributed by atoms with van der Waals surface area (Å²) < 4.78 is 0. The van der Waals surface area contributed by atoms with E-state index in [2.05, 4.69) is 5.32 Å². The van der Waals surface area contributed by atoms with Gasteiger partial charge in [0.2, 0.25) is 5.91 Å². The van der Waals surface area contributed by atoms with Gasteiger partial charge in [0.05, 0.1) is 0 Å². The summed E-state index contributed by atoms with van der Waals surface area (Å²) in [5.41, 5.74) is 0. The normalized spacial score (nSPS) is 21.6. The lowest BCUT2D eigenvalue weighted by atomic mass is 10.4. The van der Waals surface area contributed by atoms with Crippen molar-refractivity contribution in [1.29, 1.82) is 0 Å². The second-order valence-corrected chi connectivity index (χ2v) is 4.57. The van der Waals surface area contributed by atoms with Gasteiger partial charge < -0.3 is 15.1 Å². The molecule has 2 aliphatic rings. The van der Waals surface area contributed by atoms with E-state index in [1.54, 1.807) is 6.92 Å². The first-order valence-electron chi connectivity index (χ1n) is 5.98. The highest BCUT2D eigenvalue weighted by Crippen LogP contribution is 2.19. The fourth-order valence-electron chi connectivity index (χ4n) is 1.93. The molecule has 2 fully saturated rings. The molecule has 0 radical (unpaired) electrons. The highest BCUT2D eigenvalue weighted by atomic mass is 16.2. The van der Waals surface area contributed by atoms with Crippen LogP contribution in [0.15, 0.2) is 0 Å². The maximum absolute atomic E-state index is 11.8. The monoisotopic (exact) mass is 225 g/mol. The first-order chi connectivity index (χ1) is 7.66. The van der Waals surface area contributed by atoms with Crippen LogP contribution >= 0.6 is 0 Å². The van der Waals surface area contributed by atoms with Crippen LogP contribution in [0.3, 0.4) is 0 Å². The van der Waals surface area contributed by atoms with Crippen LogP contribution < -0.4 is 5.32 Å². The van der Waals surface area contributed by atoms with Crippen molar-refractivity contribution < 1.29 is 9.59 Å². The zero-order valence-corrected chi connectivity index (χ0v) is 9.74. The number of urea groups is 1. The maximum Gasteiger partial charge on any atom is 0.317 e. The predicted octanol–water partition coefficient (Wildman–Crippen LogP) is 0.413. The van der Waals surface area contributed by atoms with E-state index < -0.39 is 0 Å². The van der Waals surface area contributed by atoms with E-state index in [0.717, 1.165) is 32.4 Å². The summed E-state index contributed by atoms with van der Waals surface area (Å²) in [7, 11) is 0. The van der Waals surface area contributed by atoms with Gasteiger partial charge in [0.1, 0.15) is 0 Å². The quantitative estimate of drug-likeness (QED) is 0.703. The number of hydrogen-bond donors (Lipinski definition) is 1. The van der Waals surface area contributed by atoms with Crippen LogP contribution in [-0.4, -0.2) is 54.0 Å². The highest BCUT2D eigenvalue weighted by molar-refractivity contribution is 5.75. The van der Waals surface area contributed by atoms with Crippen molar-refractivity contribution in [2.24, 2.45) is 0 Å². The van der Waals surface area contributed by atoms with Crippen LogP contribution in [0.2, 0.25) is 0 Å². The van der Waals surface area contributed by atoms with Crippen LogP contribution in [-0.2, 0) is 4.79 Å². The molecule has 1 saturated heterocycles. The van der Waals surface area contributed by atoms with E-state index in [1.807, 2.05) is 9.80 Å². The van der Waals surface area contributed by atoms with Crippen LogP contribution in [0.5, 0.6) is 0 Å². The predicted molar refractivity (Wildman–Crippen MR) is 60.0 cm³/mol. The topological polar surface area (TPSA) is 52.7 Å². The molecule has 0 bridgehead atoms. The van der Waals surface area contributed by atoms with Crippen LogP contribution in [0, 0.1) is 0 Å². The van der Waals surface area contributed by atoms with Crippen LogP contribution in [0.1, 0.15) is 26.2 Å². The summed E-state index contributed by atoms with van der Waals surface area (Å²) >= 11 is 0. The molecule has 0 aromatic carbocycles. The zero-order valence-electron chi connectivity index (χ0n) is 9.74. The lowest BCUT2D eigenvalue weighted by molar-refractivity contribution is -0.128. The molecule has 5 heteroatoms. The average Bonchev–Trinajstić information content (AvgIpc) is 3.01. The fraction of sp³-hybridized carbons (Fsp3) is 0.818. The fourth-order valence-corrected chi connectivity index (χ4v) is 1.93. The average molecular weight is 225 g/mol. The van der Waals surface area contributed by atoms with Crippen molar-refractivity contribution in [3.63, 3.8) is 0 Å². The minimum absolute atomic E-state index is 0.0351. The molecule has 1 aliphatic carbocycles. The zero-order chi connectivity index (χ0) is 11.5. The Balaban J connectivity index is 1.82. The highest BCUT2D eigenvalue weighted by Gasteiger charge is 2.27. The molecule has 3 amide bonds. The third kappa shape index (κ3) is 2.87. The molecule has 90 valence electrons. The molecular formula is C11H19N3O2. The SMILES string of the molecule is CC(=O)N1CCCN(C(=O)NC2CC2)CC1. The number of amides is 3. The van der Waals surface area contributed by atoms with Gasteiger partial charge in [0, 0.05) is 39.1 Å². The van der Waals surface area contributed by atoms with Gasteiger partial charge in [-0.2, -0.15) is 0 Å². The van der Waals surface area contributed by atoms with E-state index in [9.17, 15) is 9.59 Å². The number of carbonyl (C=O) groups excluding carboxylic acids is 2. The largest absolute Gasteiger partial charge is 0.341 e. The molecule has 0 unspecified atom stereocenters. The Morgan fingerprint density at radius 3 is 2.31 bits per heavy atom. The molecule has 1 N–H and O–H groups in total. The molecule has 1 aliphatic heterocycles. The molecule has 0 atom stereocenters. The molecule has 2 rings (SSSR count). The summed E-state index contributed by atoms with van der Waals surface area (Å²) in [6.45, 7) is 4.41. The van der Waals surface area contributed by atoms with E-state index >= 15 is 0 Å². The first-order valence-corrected chi connectivity index (χ1v) is 5.98. The van der Waals surface area contributed by atoms with Gasteiger partial charge in [-0.1, -0.05) is 0 Å². The van der Waals surface area contributed by atoms with Gasteiger partial charge in [-0.25, -0.2) is 4.79 Å². The third-order valence-electron chi connectivity index (χ3n) is 3.13. The van der Waals surface area contributed by atoms with Crippen LogP contribution in [0.4, 0.5) is 4.79 Å². The summed E-state index contributed by atoms with van der Waals surface area (Å²) in [4.78, 5) is 26.6. The Labute approximate surface area is 95.8 Å². The number of rotatable bonds is 1. The van der Waals surface area contributed by atoms with Gasteiger partial charge in [0.15, 0.2) is 0 Å². The summed E-state index contributed by atoms with van der Waals surface area (Å²) in [6.07, 6.45) is 3.09. The van der Waals surface area contributed by atoms with Crippen molar-refractivity contribution in [3.8, 4) is 0 Å². The molecule has 1 heterocycles. The van der Waals surface area contributed by atoms with Crippen molar-refractivity contribution in [1.82, 2.24) is 15.1 Å². The molecule has 0 aromatic heterocycles. The second-order valence-electron chi connectivity index (χ2n) is 4.57. The van der Waals surface area contributed by atoms with Gasteiger partial charge >= 0.3 is 6.03 Å². The number of nitrogens with one attached hydrogen (secondary N) is 1. The lowest BCUT2D eigenvalue weighted by Crippen LogP contribution is -2.43. The molecular weight excluding hydrogens is 206 g/mol. The Kier molecular flexibility index (Phi) is 3.31. The Hall–Kier alpha value is -1.26. The van der Waals surface area contributed by atoms with Gasteiger partial charge in [-0.3, -0.25) is 4.79 Å². The van der Waals surface area contributed by atoms with Crippen molar-refractivity contribution in [2.45, 2.75) is 32.2 Å². The van der Waals surface area contributed by atoms with E-state index in [0.29, 0.717) is 19.1 Å². The maximum atomic E-state index is 11.8. The van der Waals surface area contributed by atoms with Gasteiger partial charge in [-0.05, 0) is 19.3 Å². The molecule has 0 aromatic rings. The summed E-state index contributed by atoms with van der Waals surface area (Å²) in [5.74, 6) is 0.101.